The first-order valence-corrected chi connectivity index (χ1v) is 10.1. The molecular formula is C16H22N2O3S2. The van der Waals surface area contributed by atoms with Crippen LogP contribution in [0.2, 0.25) is 0 Å². The number of thiazole rings is 1. The number of unbranched alkanes of at least 4 members (excludes halogenated alkanes) is 1. The highest BCUT2D eigenvalue weighted by molar-refractivity contribution is 7.89. The lowest BCUT2D eigenvalue weighted by Crippen LogP contribution is -2.28. The zero-order chi connectivity index (χ0) is 16.7. The van der Waals surface area contributed by atoms with Gasteiger partial charge < -0.3 is 4.74 Å². The van der Waals surface area contributed by atoms with Gasteiger partial charge in [0.05, 0.1) is 18.6 Å². The second-order valence-corrected chi connectivity index (χ2v) is 7.97. The summed E-state index contributed by atoms with van der Waals surface area (Å²) >= 11 is 1.56. The minimum absolute atomic E-state index is 0.192. The van der Waals surface area contributed by atoms with Crippen molar-refractivity contribution in [2.75, 3.05) is 19.4 Å². The van der Waals surface area contributed by atoms with Gasteiger partial charge in [0.2, 0.25) is 10.0 Å². The third kappa shape index (κ3) is 5.60. The highest BCUT2D eigenvalue weighted by atomic mass is 32.2. The van der Waals surface area contributed by atoms with Gasteiger partial charge in [-0.3, -0.25) is 0 Å². The summed E-state index contributed by atoms with van der Waals surface area (Å²) in [6.45, 7) is 2.36. The molecule has 0 amide bonds. The normalized spacial score (nSPS) is 11.6. The second-order valence-electron chi connectivity index (χ2n) is 5.19. The fourth-order valence-electron chi connectivity index (χ4n) is 2.03. The summed E-state index contributed by atoms with van der Waals surface area (Å²) in [5.74, 6) is 1.00. The Morgan fingerprint density at radius 1 is 1.26 bits per heavy atom. The average molecular weight is 354 g/mol. The number of nitrogens with zero attached hydrogens (tertiary/aromatic N) is 1. The summed E-state index contributed by atoms with van der Waals surface area (Å²) in [6.07, 6.45) is 2.16. The minimum atomic E-state index is -3.16. The van der Waals surface area contributed by atoms with E-state index in [0.29, 0.717) is 19.4 Å². The standard InChI is InChI=1S/C16H22N2O3S2/c1-3-4-11-23(19,20)17-10-9-14-12-22-16(18-14)13-5-7-15(21-2)8-6-13/h5-8,12,17H,3-4,9-11H2,1-2H3. The number of hydrogen-bond acceptors (Lipinski definition) is 5. The number of hydrogen-bond donors (Lipinski definition) is 1. The van der Waals surface area contributed by atoms with Crippen LogP contribution in [-0.2, 0) is 16.4 Å². The molecule has 7 heteroatoms. The first kappa shape index (κ1) is 17.9. The van der Waals surface area contributed by atoms with Crippen molar-refractivity contribution in [2.24, 2.45) is 0 Å². The van der Waals surface area contributed by atoms with Crippen molar-refractivity contribution in [1.29, 1.82) is 0 Å². The van der Waals surface area contributed by atoms with Crippen molar-refractivity contribution in [2.45, 2.75) is 26.2 Å². The van der Waals surface area contributed by atoms with Crippen LogP contribution in [0.15, 0.2) is 29.6 Å². The number of sulfonamides is 1. The van der Waals surface area contributed by atoms with E-state index in [9.17, 15) is 8.42 Å². The van der Waals surface area contributed by atoms with E-state index in [0.717, 1.165) is 28.4 Å². The Kier molecular flexibility index (Phi) is 6.56. The largest absolute Gasteiger partial charge is 0.497 e. The minimum Gasteiger partial charge on any atom is -0.497 e. The number of benzene rings is 1. The van der Waals surface area contributed by atoms with Gasteiger partial charge in [-0.15, -0.1) is 11.3 Å². The van der Waals surface area contributed by atoms with Crippen LogP contribution < -0.4 is 9.46 Å². The van der Waals surface area contributed by atoms with E-state index in [2.05, 4.69) is 9.71 Å². The van der Waals surface area contributed by atoms with E-state index in [1.165, 1.54) is 0 Å². The first-order chi connectivity index (χ1) is 11.0. The fourth-order valence-corrected chi connectivity index (χ4v) is 4.12. The number of methoxy groups -OCH3 is 1. The number of rotatable bonds is 9. The van der Waals surface area contributed by atoms with Crippen LogP contribution in [0, 0.1) is 0 Å². The molecule has 0 atom stereocenters. The molecule has 0 aliphatic carbocycles. The van der Waals surface area contributed by atoms with Gasteiger partial charge in [0.1, 0.15) is 10.8 Å². The molecule has 126 valence electrons. The second kappa shape index (κ2) is 8.42. The lowest BCUT2D eigenvalue weighted by molar-refractivity contribution is 0.415. The first-order valence-electron chi connectivity index (χ1n) is 7.60. The Bertz CT molecular complexity index is 709. The quantitative estimate of drug-likeness (QED) is 0.751. The molecule has 1 heterocycles. The van der Waals surface area contributed by atoms with Gasteiger partial charge in [0, 0.05) is 23.9 Å². The molecule has 1 aromatic carbocycles. The van der Waals surface area contributed by atoms with Gasteiger partial charge in [-0.05, 0) is 30.7 Å². The molecule has 0 aliphatic rings. The van der Waals surface area contributed by atoms with Gasteiger partial charge in [-0.25, -0.2) is 18.1 Å². The summed E-state index contributed by atoms with van der Waals surface area (Å²) in [6, 6.07) is 7.74. The van der Waals surface area contributed by atoms with Gasteiger partial charge >= 0.3 is 0 Å². The van der Waals surface area contributed by atoms with Crippen molar-refractivity contribution < 1.29 is 13.2 Å². The molecule has 2 rings (SSSR count). The highest BCUT2D eigenvalue weighted by Gasteiger charge is 2.10. The Morgan fingerprint density at radius 2 is 2.00 bits per heavy atom. The maximum absolute atomic E-state index is 11.7. The third-order valence-electron chi connectivity index (χ3n) is 3.36. The predicted molar refractivity (Wildman–Crippen MR) is 94.5 cm³/mol. The van der Waals surface area contributed by atoms with E-state index in [1.807, 2.05) is 36.6 Å². The highest BCUT2D eigenvalue weighted by Crippen LogP contribution is 2.25. The molecule has 0 aliphatic heterocycles. The molecule has 0 saturated carbocycles. The Hall–Kier alpha value is -1.44. The van der Waals surface area contributed by atoms with E-state index >= 15 is 0 Å². The molecule has 5 nitrogen and oxygen atoms in total. The molecule has 1 aromatic heterocycles. The fraction of sp³-hybridized carbons (Fsp3) is 0.438. The van der Waals surface area contributed by atoms with Crippen molar-refractivity contribution in [3.8, 4) is 16.3 Å². The average Bonchev–Trinajstić information content (AvgIpc) is 3.02. The van der Waals surface area contributed by atoms with Gasteiger partial charge in [0.15, 0.2) is 0 Å². The summed E-state index contributed by atoms with van der Waals surface area (Å²) in [5.41, 5.74) is 1.93. The van der Waals surface area contributed by atoms with Crippen molar-refractivity contribution >= 4 is 21.4 Å². The molecule has 0 bridgehead atoms. The molecule has 1 N–H and O–H groups in total. The zero-order valence-corrected chi connectivity index (χ0v) is 15.0. The molecule has 0 saturated heterocycles. The number of ether oxygens (including phenoxy) is 1. The van der Waals surface area contributed by atoms with Crippen LogP contribution in [0.4, 0.5) is 0 Å². The van der Waals surface area contributed by atoms with Crippen molar-refractivity contribution in [1.82, 2.24) is 9.71 Å². The van der Waals surface area contributed by atoms with Crippen LogP contribution in [-0.4, -0.2) is 32.8 Å². The summed E-state index contributed by atoms with van der Waals surface area (Å²) in [5, 5.41) is 2.90. The summed E-state index contributed by atoms with van der Waals surface area (Å²) in [4.78, 5) is 4.56. The SMILES string of the molecule is CCCCS(=O)(=O)NCCc1csc(-c2ccc(OC)cc2)n1. The Balaban J connectivity index is 1.89. The molecule has 0 fully saturated rings. The van der Waals surface area contributed by atoms with E-state index in [-0.39, 0.29) is 5.75 Å². The lowest BCUT2D eigenvalue weighted by atomic mass is 10.2. The maximum Gasteiger partial charge on any atom is 0.211 e. The van der Waals surface area contributed by atoms with Crippen LogP contribution in [0.1, 0.15) is 25.5 Å². The molecule has 0 radical (unpaired) electrons. The molecular weight excluding hydrogens is 332 g/mol. The Morgan fingerprint density at radius 3 is 2.65 bits per heavy atom. The number of aromatic nitrogens is 1. The maximum atomic E-state index is 11.7. The van der Waals surface area contributed by atoms with E-state index < -0.39 is 10.0 Å². The van der Waals surface area contributed by atoms with Crippen LogP contribution in [0.25, 0.3) is 10.6 Å². The summed E-state index contributed by atoms with van der Waals surface area (Å²) < 4.78 is 31.2. The van der Waals surface area contributed by atoms with E-state index in [1.54, 1.807) is 18.4 Å². The Labute approximate surface area is 141 Å². The lowest BCUT2D eigenvalue weighted by Gasteiger charge is -2.04. The smallest absolute Gasteiger partial charge is 0.211 e. The third-order valence-corrected chi connectivity index (χ3v) is 5.77. The molecule has 0 unspecified atom stereocenters. The van der Waals surface area contributed by atoms with Crippen molar-refractivity contribution in [3.63, 3.8) is 0 Å². The zero-order valence-electron chi connectivity index (χ0n) is 13.4. The molecule has 23 heavy (non-hydrogen) atoms. The molecule has 0 spiro atoms. The van der Waals surface area contributed by atoms with Gasteiger partial charge in [-0.1, -0.05) is 13.3 Å². The van der Waals surface area contributed by atoms with Crippen molar-refractivity contribution in [3.05, 3.63) is 35.3 Å². The molecule has 2 aromatic rings. The number of nitrogens with one attached hydrogen (secondary N) is 1. The van der Waals surface area contributed by atoms with E-state index in [4.69, 9.17) is 4.74 Å². The van der Waals surface area contributed by atoms with Gasteiger partial charge in [-0.2, -0.15) is 0 Å². The topological polar surface area (TPSA) is 68.3 Å². The van der Waals surface area contributed by atoms with Crippen LogP contribution in [0.5, 0.6) is 5.75 Å². The predicted octanol–water partition coefficient (Wildman–Crippen LogP) is 3.08. The van der Waals surface area contributed by atoms with Crippen LogP contribution in [0.3, 0.4) is 0 Å². The van der Waals surface area contributed by atoms with Gasteiger partial charge in [0.25, 0.3) is 0 Å². The van der Waals surface area contributed by atoms with Crippen LogP contribution >= 0.6 is 11.3 Å². The monoisotopic (exact) mass is 354 g/mol. The summed E-state index contributed by atoms with van der Waals surface area (Å²) in [7, 11) is -1.52.